The molecule has 1 aromatic heterocycles. The molecule has 134 valence electrons. The summed E-state index contributed by atoms with van der Waals surface area (Å²) in [5, 5.41) is 1.16. The van der Waals surface area contributed by atoms with Gasteiger partial charge < -0.3 is 9.15 Å². The van der Waals surface area contributed by atoms with Gasteiger partial charge >= 0.3 is 0 Å². The Kier molecular flexibility index (Phi) is 4.47. The van der Waals surface area contributed by atoms with Crippen molar-refractivity contribution in [1.82, 2.24) is 0 Å². The summed E-state index contributed by atoms with van der Waals surface area (Å²) in [6, 6.07) is 25.1. The van der Waals surface area contributed by atoms with Crippen LogP contribution in [-0.2, 0) is 5.85 Å². The quantitative estimate of drug-likeness (QED) is 0.424. The lowest BCUT2D eigenvalue weighted by molar-refractivity contribution is -0.0744. The van der Waals surface area contributed by atoms with Gasteiger partial charge in [0.05, 0.1) is 18.2 Å². The number of Topliss-reactive ketones (excluding diaryl/α,β-unsaturated/α-hetero) is 1. The van der Waals surface area contributed by atoms with E-state index in [1.54, 1.807) is 60.9 Å². The molecule has 1 atom stereocenters. The van der Waals surface area contributed by atoms with Crippen molar-refractivity contribution in [3.63, 3.8) is 0 Å². The zero-order chi connectivity index (χ0) is 18.7. The summed E-state index contributed by atoms with van der Waals surface area (Å²) in [6.45, 7) is 0. The van der Waals surface area contributed by atoms with Gasteiger partial charge in [-0.2, -0.15) is 4.39 Å². The number of carbonyl (C=O) groups is 1. The summed E-state index contributed by atoms with van der Waals surface area (Å²) in [5.41, 5.74) is 1.77. The smallest absolute Gasteiger partial charge is 0.281 e. The molecule has 3 aromatic carbocycles. The third-order valence-electron chi connectivity index (χ3n) is 4.41. The van der Waals surface area contributed by atoms with E-state index in [-0.39, 0.29) is 12.2 Å². The van der Waals surface area contributed by atoms with Gasteiger partial charge in [-0.05, 0) is 24.3 Å². The molecule has 1 aliphatic rings. The number of rotatable bonds is 1. The third-order valence-corrected chi connectivity index (χ3v) is 4.41. The van der Waals surface area contributed by atoms with Gasteiger partial charge in [0.2, 0.25) is 0 Å². The van der Waals surface area contributed by atoms with Crippen LogP contribution in [0.5, 0.6) is 5.75 Å². The van der Waals surface area contributed by atoms with Crippen molar-refractivity contribution < 1.29 is 18.3 Å². The van der Waals surface area contributed by atoms with Crippen molar-refractivity contribution >= 4 is 16.8 Å². The number of ketones is 1. The first-order chi connectivity index (χ1) is 13.2. The summed E-state index contributed by atoms with van der Waals surface area (Å²) in [6.07, 6.45) is 1.42. The zero-order valence-electron chi connectivity index (χ0n) is 14.5. The number of carbonyl (C=O) groups excluding carboxylic acids is 1. The molecule has 27 heavy (non-hydrogen) atoms. The van der Waals surface area contributed by atoms with Crippen LogP contribution in [0.1, 0.15) is 22.3 Å². The molecule has 1 unspecified atom stereocenters. The highest BCUT2D eigenvalue weighted by molar-refractivity contribution is 6.00. The molecule has 0 spiro atoms. The number of halogens is 1. The lowest BCUT2D eigenvalue weighted by Crippen LogP contribution is -2.35. The summed E-state index contributed by atoms with van der Waals surface area (Å²) >= 11 is 0. The van der Waals surface area contributed by atoms with E-state index in [1.165, 1.54) is 0 Å². The van der Waals surface area contributed by atoms with Crippen LogP contribution in [0.2, 0.25) is 0 Å². The number of hydrogen-bond acceptors (Lipinski definition) is 3. The molecular weight excluding hydrogens is 343 g/mol. The summed E-state index contributed by atoms with van der Waals surface area (Å²) in [5.74, 6) is -1.99. The Hall–Kier alpha value is -3.40. The van der Waals surface area contributed by atoms with Gasteiger partial charge in [-0.1, -0.05) is 60.7 Å². The Morgan fingerprint density at radius 3 is 2.33 bits per heavy atom. The van der Waals surface area contributed by atoms with Crippen LogP contribution >= 0.6 is 0 Å². The van der Waals surface area contributed by atoms with Gasteiger partial charge in [0.25, 0.3) is 5.85 Å². The predicted molar refractivity (Wildman–Crippen MR) is 101 cm³/mol. The summed E-state index contributed by atoms with van der Waals surface area (Å²) < 4.78 is 25.3. The van der Waals surface area contributed by atoms with Gasteiger partial charge in [-0.15, -0.1) is 0 Å². The highest BCUT2D eigenvalue weighted by Crippen LogP contribution is 2.40. The largest absolute Gasteiger partial charge is 0.464 e. The van der Waals surface area contributed by atoms with E-state index in [0.29, 0.717) is 16.9 Å². The third kappa shape index (κ3) is 3.47. The Morgan fingerprint density at radius 2 is 1.52 bits per heavy atom. The average Bonchev–Trinajstić information content (AvgIpc) is 3.18. The Bertz CT molecular complexity index is 1040. The number of hydrogen-bond donors (Lipinski definition) is 0. The number of alkyl halides is 1. The Morgan fingerprint density at radius 1 is 0.815 bits per heavy atom. The maximum Gasteiger partial charge on any atom is 0.281 e. The maximum atomic E-state index is 14.8. The van der Waals surface area contributed by atoms with Crippen LogP contribution < -0.4 is 4.74 Å². The number of fused-ring (bicyclic) bond motifs is 2. The van der Waals surface area contributed by atoms with Crippen molar-refractivity contribution in [2.75, 3.05) is 0 Å². The molecule has 0 saturated carbocycles. The van der Waals surface area contributed by atoms with E-state index in [9.17, 15) is 9.18 Å². The number of ether oxygens (including phenoxy) is 1. The molecule has 0 amide bonds. The van der Waals surface area contributed by atoms with Crippen LogP contribution in [0.4, 0.5) is 4.39 Å². The highest BCUT2D eigenvalue weighted by Gasteiger charge is 2.42. The predicted octanol–water partition coefficient (Wildman–Crippen LogP) is 5.91. The number of furan rings is 1. The summed E-state index contributed by atoms with van der Waals surface area (Å²) in [4.78, 5) is 12.0. The molecule has 4 aromatic rings. The molecule has 0 aliphatic carbocycles. The molecule has 4 heteroatoms. The molecule has 2 heterocycles. The molecule has 0 saturated heterocycles. The maximum absolute atomic E-state index is 14.8. The molecule has 0 bridgehead atoms. The minimum atomic E-state index is -2.06. The molecule has 0 radical (unpaired) electrons. The number of benzene rings is 3. The molecule has 1 aliphatic heterocycles. The van der Waals surface area contributed by atoms with Gasteiger partial charge in [-0.25, -0.2) is 0 Å². The van der Waals surface area contributed by atoms with Crippen molar-refractivity contribution in [3.05, 3.63) is 102 Å². The fraction of sp³-hybridized carbons (Fsp3) is 0.0870. The topological polar surface area (TPSA) is 39.4 Å². The van der Waals surface area contributed by atoms with Crippen molar-refractivity contribution in [2.24, 2.45) is 0 Å². The lowest BCUT2D eigenvalue weighted by Gasteiger charge is -2.31. The second kappa shape index (κ2) is 7.08. The molecule has 0 N–H and O–H groups in total. The first-order valence-electron chi connectivity index (χ1n) is 8.64. The fourth-order valence-corrected chi connectivity index (χ4v) is 3.05. The van der Waals surface area contributed by atoms with Crippen LogP contribution in [-0.4, -0.2) is 5.78 Å². The highest BCUT2D eigenvalue weighted by atomic mass is 19.2. The second-order valence-corrected chi connectivity index (χ2v) is 6.25. The van der Waals surface area contributed by atoms with Gasteiger partial charge in [0.15, 0.2) is 5.78 Å². The average molecular weight is 360 g/mol. The van der Waals surface area contributed by atoms with E-state index < -0.39 is 5.85 Å². The SMILES string of the molecule is O=C1CC(F)(c2ccccc2)Oc2ccccc21.c1ccc2occc2c1. The minimum absolute atomic E-state index is 0.233. The van der Waals surface area contributed by atoms with E-state index in [2.05, 4.69) is 0 Å². The van der Waals surface area contributed by atoms with E-state index in [4.69, 9.17) is 9.15 Å². The van der Waals surface area contributed by atoms with Crippen molar-refractivity contribution in [2.45, 2.75) is 12.3 Å². The van der Waals surface area contributed by atoms with E-state index >= 15 is 0 Å². The Balaban J connectivity index is 0.000000167. The monoisotopic (exact) mass is 360 g/mol. The van der Waals surface area contributed by atoms with Gasteiger partial charge in [0.1, 0.15) is 11.3 Å². The molecule has 0 fully saturated rings. The minimum Gasteiger partial charge on any atom is -0.464 e. The standard InChI is InChI=1S/C15H11FO2.C8H6O/c16-15(11-6-2-1-3-7-11)10-13(17)12-8-4-5-9-14(12)18-15;1-2-4-8-7(3-1)5-6-9-8/h1-9H,10H2;1-6H. The Labute approximate surface area is 156 Å². The first-order valence-corrected chi connectivity index (χ1v) is 8.64. The van der Waals surface area contributed by atoms with Crippen LogP contribution in [0.3, 0.4) is 0 Å². The molecule has 5 rings (SSSR count). The van der Waals surface area contributed by atoms with Gasteiger partial charge in [-0.3, -0.25) is 4.79 Å². The molecular formula is C23H17FO3. The van der Waals surface area contributed by atoms with Crippen molar-refractivity contribution in [1.29, 1.82) is 0 Å². The fourth-order valence-electron chi connectivity index (χ4n) is 3.05. The van der Waals surface area contributed by atoms with Crippen LogP contribution in [0.15, 0.2) is 95.6 Å². The lowest BCUT2D eigenvalue weighted by atomic mass is 9.94. The van der Waals surface area contributed by atoms with Crippen molar-refractivity contribution in [3.8, 4) is 5.75 Å². The second-order valence-electron chi connectivity index (χ2n) is 6.25. The molecule has 3 nitrogen and oxygen atoms in total. The zero-order valence-corrected chi connectivity index (χ0v) is 14.5. The van der Waals surface area contributed by atoms with Crippen LogP contribution in [0.25, 0.3) is 11.0 Å². The first kappa shape index (κ1) is 17.0. The van der Waals surface area contributed by atoms with Gasteiger partial charge in [0, 0.05) is 10.9 Å². The normalized spacial score (nSPS) is 18.2. The van der Waals surface area contributed by atoms with E-state index in [1.807, 2.05) is 30.3 Å². The summed E-state index contributed by atoms with van der Waals surface area (Å²) in [7, 11) is 0. The van der Waals surface area contributed by atoms with E-state index in [0.717, 1.165) is 11.0 Å². The number of para-hydroxylation sites is 2. The van der Waals surface area contributed by atoms with Crippen LogP contribution in [0, 0.1) is 0 Å².